The minimum absolute atomic E-state index is 0.00755. The lowest BCUT2D eigenvalue weighted by Crippen LogP contribution is -1.86. The second kappa shape index (κ2) is 5.82. The first-order valence-corrected chi connectivity index (χ1v) is 6.06. The fourth-order valence-electron chi connectivity index (χ4n) is 1.45. The molecule has 0 saturated carbocycles. The van der Waals surface area contributed by atoms with Crippen LogP contribution in [0.15, 0.2) is 47.5 Å². The molecule has 4 nitrogen and oxygen atoms in total. The van der Waals surface area contributed by atoms with E-state index in [9.17, 15) is 10.1 Å². The summed E-state index contributed by atoms with van der Waals surface area (Å²) in [5.41, 5.74) is 1.12. The third-order valence-corrected chi connectivity index (χ3v) is 3.21. The summed E-state index contributed by atoms with van der Waals surface area (Å²) in [6.07, 6.45) is 1.52. The number of nitro groups is 1. The van der Waals surface area contributed by atoms with Gasteiger partial charge in [0.15, 0.2) is 0 Å². The van der Waals surface area contributed by atoms with Gasteiger partial charge in [-0.15, -0.1) is 0 Å². The van der Waals surface area contributed by atoms with E-state index in [0.29, 0.717) is 21.3 Å². The molecule has 0 aliphatic carbocycles. The van der Waals surface area contributed by atoms with Gasteiger partial charge in [0.2, 0.25) is 0 Å². The van der Waals surface area contributed by atoms with Crippen molar-refractivity contribution in [2.24, 2.45) is 4.99 Å². The molecule has 0 spiro atoms. The maximum absolute atomic E-state index is 10.6. The number of nitrogens with zero attached hydrogens (tertiary/aromatic N) is 2. The molecule has 96 valence electrons. The number of non-ortho nitro benzene ring substituents is 1. The van der Waals surface area contributed by atoms with E-state index < -0.39 is 4.92 Å². The predicted molar refractivity (Wildman–Crippen MR) is 76.8 cm³/mol. The predicted octanol–water partition coefficient (Wildman–Crippen LogP) is 4.65. The molecule has 0 heterocycles. The number of aliphatic imine (C=N–C) groups is 1. The Morgan fingerprint density at radius 3 is 2.63 bits per heavy atom. The van der Waals surface area contributed by atoms with Gasteiger partial charge in [0, 0.05) is 23.9 Å². The quantitative estimate of drug-likeness (QED) is 0.470. The molecule has 0 amide bonds. The molecule has 2 rings (SSSR count). The lowest BCUT2D eigenvalue weighted by Gasteiger charge is -1.99. The SMILES string of the molecule is O=[N+]([O-])c1cccc(N=Cc2cccc(Cl)c2Cl)c1. The summed E-state index contributed by atoms with van der Waals surface area (Å²) in [6, 6.07) is 11.2. The van der Waals surface area contributed by atoms with Crippen LogP contribution in [-0.4, -0.2) is 11.1 Å². The van der Waals surface area contributed by atoms with Crippen molar-refractivity contribution >= 4 is 40.8 Å². The Kier molecular flexibility index (Phi) is 4.14. The molecule has 0 unspecified atom stereocenters. The first kappa shape index (κ1) is 13.5. The zero-order valence-corrected chi connectivity index (χ0v) is 11.1. The van der Waals surface area contributed by atoms with Crippen molar-refractivity contribution < 1.29 is 4.92 Å². The number of halogens is 2. The fraction of sp³-hybridized carbons (Fsp3) is 0. The fourth-order valence-corrected chi connectivity index (χ4v) is 1.81. The van der Waals surface area contributed by atoms with Gasteiger partial charge in [0.1, 0.15) is 0 Å². The molecule has 0 fully saturated rings. The van der Waals surface area contributed by atoms with E-state index in [-0.39, 0.29) is 5.69 Å². The Bertz CT molecular complexity index is 657. The van der Waals surface area contributed by atoms with Crippen LogP contribution in [0.4, 0.5) is 11.4 Å². The smallest absolute Gasteiger partial charge is 0.258 e. The van der Waals surface area contributed by atoms with Gasteiger partial charge in [0.05, 0.1) is 20.7 Å². The second-order valence-corrected chi connectivity index (χ2v) is 4.46. The summed E-state index contributed by atoms with van der Waals surface area (Å²) in [5, 5.41) is 11.5. The molecule has 0 bridgehead atoms. The topological polar surface area (TPSA) is 55.5 Å². The van der Waals surface area contributed by atoms with Crippen LogP contribution in [0.2, 0.25) is 10.0 Å². The zero-order valence-electron chi connectivity index (χ0n) is 9.59. The Labute approximate surface area is 119 Å². The van der Waals surface area contributed by atoms with Crippen molar-refractivity contribution in [3.63, 3.8) is 0 Å². The van der Waals surface area contributed by atoms with E-state index in [0.717, 1.165) is 0 Å². The average Bonchev–Trinajstić information content (AvgIpc) is 2.41. The van der Waals surface area contributed by atoms with Crippen LogP contribution in [0.3, 0.4) is 0 Å². The van der Waals surface area contributed by atoms with Crippen molar-refractivity contribution in [2.45, 2.75) is 0 Å². The number of nitro benzene ring substituents is 1. The summed E-state index contributed by atoms with van der Waals surface area (Å²) in [4.78, 5) is 14.3. The van der Waals surface area contributed by atoms with Crippen LogP contribution < -0.4 is 0 Å². The molecular formula is C13H8Cl2N2O2. The maximum atomic E-state index is 10.6. The molecule has 0 aliphatic rings. The van der Waals surface area contributed by atoms with E-state index in [1.54, 1.807) is 30.3 Å². The molecule has 6 heteroatoms. The minimum atomic E-state index is -0.467. The number of benzene rings is 2. The second-order valence-electron chi connectivity index (χ2n) is 3.68. The monoisotopic (exact) mass is 294 g/mol. The van der Waals surface area contributed by atoms with E-state index in [1.165, 1.54) is 18.3 Å². The highest BCUT2D eigenvalue weighted by Crippen LogP contribution is 2.25. The molecule has 0 atom stereocenters. The van der Waals surface area contributed by atoms with Crippen molar-refractivity contribution in [3.05, 3.63) is 68.2 Å². The van der Waals surface area contributed by atoms with Crippen molar-refractivity contribution in [3.8, 4) is 0 Å². The van der Waals surface area contributed by atoms with Gasteiger partial charge in [-0.3, -0.25) is 15.1 Å². The Morgan fingerprint density at radius 1 is 1.16 bits per heavy atom. The summed E-state index contributed by atoms with van der Waals surface area (Å²) in [5.74, 6) is 0. The number of hydrogen-bond acceptors (Lipinski definition) is 3. The summed E-state index contributed by atoms with van der Waals surface area (Å²) in [7, 11) is 0. The van der Waals surface area contributed by atoms with Gasteiger partial charge in [0.25, 0.3) is 5.69 Å². The van der Waals surface area contributed by atoms with Crippen LogP contribution in [0.5, 0.6) is 0 Å². The number of hydrogen-bond donors (Lipinski definition) is 0. The summed E-state index contributed by atoms with van der Waals surface area (Å²) < 4.78 is 0. The van der Waals surface area contributed by atoms with Gasteiger partial charge >= 0.3 is 0 Å². The highest BCUT2D eigenvalue weighted by atomic mass is 35.5. The molecule has 0 radical (unpaired) electrons. The van der Waals surface area contributed by atoms with E-state index in [4.69, 9.17) is 23.2 Å². The van der Waals surface area contributed by atoms with E-state index in [1.807, 2.05) is 0 Å². The Morgan fingerprint density at radius 2 is 1.89 bits per heavy atom. The first-order chi connectivity index (χ1) is 9.08. The van der Waals surface area contributed by atoms with Gasteiger partial charge in [-0.1, -0.05) is 41.4 Å². The summed E-state index contributed by atoms with van der Waals surface area (Å²) in [6.45, 7) is 0. The Balaban J connectivity index is 2.30. The normalized spacial score (nSPS) is 10.8. The number of rotatable bonds is 3. The third kappa shape index (κ3) is 3.30. The average molecular weight is 295 g/mol. The molecule has 0 aromatic heterocycles. The maximum Gasteiger partial charge on any atom is 0.271 e. The lowest BCUT2D eigenvalue weighted by molar-refractivity contribution is -0.384. The van der Waals surface area contributed by atoms with Crippen molar-refractivity contribution in [1.82, 2.24) is 0 Å². The van der Waals surface area contributed by atoms with E-state index >= 15 is 0 Å². The Hall–Kier alpha value is -1.91. The molecule has 2 aromatic rings. The van der Waals surface area contributed by atoms with Crippen molar-refractivity contribution in [1.29, 1.82) is 0 Å². The molecule has 0 aliphatic heterocycles. The third-order valence-electron chi connectivity index (χ3n) is 2.37. The summed E-state index contributed by atoms with van der Waals surface area (Å²) >= 11 is 11.9. The highest BCUT2D eigenvalue weighted by molar-refractivity contribution is 6.43. The van der Waals surface area contributed by atoms with Gasteiger partial charge < -0.3 is 0 Å². The van der Waals surface area contributed by atoms with Gasteiger partial charge in [-0.05, 0) is 12.1 Å². The minimum Gasteiger partial charge on any atom is -0.258 e. The van der Waals surface area contributed by atoms with Crippen LogP contribution in [-0.2, 0) is 0 Å². The molecule has 0 N–H and O–H groups in total. The molecule has 19 heavy (non-hydrogen) atoms. The standard InChI is InChI=1S/C13H8Cl2N2O2/c14-12-6-1-3-9(13(12)15)8-16-10-4-2-5-11(7-10)17(18)19/h1-8H. The van der Waals surface area contributed by atoms with Gasteiger partial charge in [-0.2, -0.15) is 0 Å². The van der Waals surface area contributed by atoms with Crippen LogP contribution in [0.1, 0.15) is 5.56 Å². The van der Waals surface area contributed by atoms with Crippen LogP contribution in [0.25, 0.3) is 0 Å². The van der Waals surface area contributed by atoms with Crippen LogP contribution >= 0.6 is 23.2 Å². The van der Waals surface area contributed by atoms with Crippen molar-refractivity contribution in [2.75, 3.05) is 0 Å². The lowest BCUT2D eigenvalue weighted by atomic mass is 10.2. The van der Waals surface area contributed by atoms with Crippen LogP contribution in [0, 0.1) is 10.1 Å². The zero-order chi connectivity index (χ0) is 13.8. The first-order valence-electron chi connectivity index (χ1n) is 5.30. The largest absolute Gasteiger partial charge is 0.271 e. The molecule has 2 aromatic carbocycles. The molecular weight excluding hydrogens is 287 g/mol. The highest BCUT2D eigenvalue weighted by Gasteiger charge is 2.05. The molecule has 0 saturated heterocycles. The van der Waals surface area contributed by atoms with E-state index in [2.05, 4.69) is 4.99 Å². The van der Waals surface area contributed by atoms with Gasteiger partial charge in [-0.25, -0.2) is 0 Å².